The molecule has 2 rings (SSSR count). The lowest BCUT2D eigenvalue weighted by molar-refractivity contribution is -0.133. The smallest absolute Gasteiger partial charge is 0.352 e. The van der Waals surface area contributed by atoms with Crippen molar-refractivity contribution in [1.29, 1.82) is 0 Å². The number of hydrogen-bond acceptors (Lipinski definition) is 3. The molecule has 1 saturated carbocycles. The van der Waals surface area contributed by atoms with Gasteiger partial charge in [0.25, 0.3) is 0 Å². The predicted molar refractivity (Wildman–Crippen MR) is 44.2 cm³/mol. The molecule has 70 valence electrons. The van der Waals surface area contributed by atoms with E-state index in [2.05, 4.69) is 5.10 Å². The van der Waals surface area contributed by atoms with Crippen molar-refractivity contribution >= 4 is 17.6 Å². The lowest BCUT2D eigenvalue weighted by Crippen LogP contribution is -2.35. The van der Waals surface area contributed by atoms with Crippen molar-refractivity contribution in [2.75, 3.05) is 0 Å². The number of carboxylic acid groups (broad SMARTS) is 1. The lowest BCUT2D eigenvalue weighted by atomic mass is 10.2. The number of carbonyl (C=O) groups is 2. The van der Waals surface area contributed by atoms with Crippen LogP contribution in [0.5, 0.6) is 0 Å². The van der Waals surface area contributed by atoms with Crippen LogP contribution in [-0.4, -0.2) is 33.7 Å². The molecule has 0 atom stereocenters. The molecule has 5 heteroatoms. The first-order chi connectivity index (χ1) is 6.18. The second-order valence-corrected chi connectivity index (χ2v) is 3.32. The van der Waals surface area contributed by atoms with Gasteiger partial charge >= 0.3 is 5.97 Å². The van der Waals surface area contributed by atoms with Gasteiger partial charge in [0, 0.05) is 12.8 Å². The van der Waals surface area contributed by atoms with Crippen molar-refractivity contribution in [2.24, 2.45) is 5.10 Å². The Labute approximate surface area is 75.0 Å². The van der Waals surface area contributed by atoms with Crippen molar-refractivity contribution in [3.05, 3.63) is 0 Å². The Hall–Kier alpha value is -1.39. The van der Waals surface area contributed by atoms with E-state index < -0.39 is 5.97 Å². The third-order valence-electron chi connectivity index (χ3n) is 2.20. The van der Waals surface area contributed by atoms with Gasteiger partial charge in [-0.05, 0) is 12.8 Å². The quantitative estimate of drug-likeness (QED) is 0.663. The van der Waals surface area contributed by atoms with Crippen LogP contribution in [0, 0.1) is 0 Å². The summed E-state index contributed by atoms with van der Waals surface area (Å²) in [5, 5.41) is 13.8. The maximum absolute atomic E-state index is 11.3. The molecule has 0 saturated heterocycles. The molecule has 0 radical (unpaired) electrons. The van der Waals surface area contributed by atoms with Crippen molar-refractivity contribution in [1.82, 2.24) is 5.01 Å². The highest BCUT2D eigenvalue weighted by Crippen LogP contribution is 2.29. The van der Waals surface area contributed by atoms with E-state index >= 15 is 0 Å². The Morgan fingerprint density at radius 1 is 1.46 bits per heavy atom. The molecular weight excluding hydrogens is 172 g/mol. The minimum atomic E-state index is -1.02. The van der Waals surface area contributed by atoms with E-state index in [9.17, 15) is 9.59 Å². The van der Waals surface area contributed by atoms with E-state index in [0.29, 0.717) is 0 Å². The van der Waals surface area contributed by atoms with Crippen LogP contribution in [0.3, 0.4) is 0 Å². The third kappa shape index (κ3) is 1.54. The van der Waals surface area contributed by atoms with E-state index in [-0.39, 0.29) is 30.5 Å². The molecule has 2 aliphatic rings. The molecule has 1 fully saturated rings. The topological polar surface area (TPSA) is 70.0 Å². The van der Waals surface area contributed by atoms with Crippen LogP contribution in [0.25, 0.3) is 0 Å². The molecule has 1 amide bonds. The zero-order valence-corrected chi connectivity index (χ0v) is 7.06. The van der Waals surface area contributed by atoms with E-state index in [1.165, 1.54) is 5.01 Å². The van der Waals surface area contributed by atoms with Crippen molar-refractivity contribution in [3.8, 4) is 0 Å². The maximum atomic E-state index is 11.3. The highest BCUT2D eigenvalue weighted by atomic mass is 16.4. The monoisotopic (exact) mass is 182 g/mol. The molecule has 0 bridgehead atoms. The van der Waals surface area contributed by atoms with Crippen LogP contribution in [0.4, 0.5) is 0 Å². The zero-order valence-electron chi connectivity index (χ0n) is 7.06. The van der Waals surface area contributed by atoms with Gasteiger partial charge in [-0.3, -0.25) is 4.79 Å². The summed E-state index contributed by atoms with van der Waals surface area (Å²) in [6.45, 7) is 0. The van der Waals surface area contributed by atoms with Crippen LogP contribution < -0.4 is 0 Å². The number of amides is 1. The number of carbonyl (C=O) groups excluding carboxylic acids is 1. The molecule has 1 heterocycles. The Balaban J connectivity index is 2.18. The molecule has 13 heavy (non-hydrogen) atoms. The van der Waals surface area contributed by atoms with E-state index in [1.54, 1.807) is 0 Å². The normalized spacial score (nSPS) is 22.9. The van der Waals surface area contributed by atoms with Crippen LogP contribution in [0.1, 0.15) is 25.7 Å². The second kappa shape index (κ2) is 2.83. The summed E-state index contributed by atoms with van der Waals surface area (Å²) < 4.78 is 0. The van der Waals surface area contributed by atoms with Gasteiger partial charge in [0.1, 0.15) is 5.71 Å². The maximum Gasteiger partial charge on any atom is 0.352 e. The average molecular weight is 182 g/mol. The van der Waals surface area contributed by atoms with E-state index in [0.717, 1.165) is 12.8 Å². The number of nitrogens with zero attached hydrogens (tertiary/aromatic N) is 2. The molecule has 5 nitrogen and oxygen atoms in total. The Morgan fingerprint density at radius 3 is 2.69 bits per heavy atom. The summed E-state index contributed by atoms with van der Waals surface area (Å²) in [7, 11) is 0. The van der Waals surface area contributed by atoms with Gasteiger partial charge in [-0.15, -0.1) is 0 Å². The van der Waals surface area contributed by atoms with Gasteiger partial charge in [-0.1, -0.05) is 0 Å². The van der Waals surface area contributed by atoms with Gasteiger partial charge in [0.2, 0.25) is 5.91 Å². The summed E-state index contributed by atoms with van der Waals surface area (Å²) in [5.74, 6) is -1.06. The first-order valence-corrected chi connectivity index (χ1v) is 4.31. The fourth-order valence-corrected chi connectivity index (χ4v) is 1.33. The van der Waals surface area contributed by atoms with Gasteiger partial charge in [-0.25, -0.2) is 9.80 Å². The second-order valence-electron chi connectivity index (χ2n) is 3.32. The first-order valence-electron chi connectivity index (χ1n) is 4.31. The largest absolute Gasteiger partial charge is 0.477 e. The number of hydrogen-bond donors (Lipinski definition) is 1. The molecular formula is C8H10N2O3. The summed E-state index contributed by atoms with van der Waals surface area (Å²) >= 11 is 0. The fourth-order valence-electron chi connectivity index (χ4n) is 1.33. The Morgan fingerprint density at radius 2 is 2.15 bits per heavy atom. The highest BCUT2D eigenvalue weighted by Gasteiger charge is 2.35. The van der Waals surface area contributed by atoms with Gasteiger partial charge < -0.3 is 5.11 Å². The van der Waals surface area contributed by atoms with E-state index in [1.807, 2.05) is 0 Å². The fraction of sp³-hybridized carbons (Fsp3) is 0.625. The van der Waals surface area contributed by atoms with Gasteiger partial charge in [-0.2, -0.15) is 5.10 Å². The first kappa shape index (κ1) is 8.22. The van der Waals surface area contributed by atoms with E-state index in [4.69, 9.17) is 5.11 Å². The van der Waals surface area contributed by atoms with Crippen molar-refractivity contribution in [3.63, 3.8) is 0 Å². The highest BCUT2D eigenvalue weighted by molar-refractivity contribution is 6.36. The van der Waals surface area contributed by atoms with Crippen LogP contribution in [0.2, 0.25) is 0 Å². The summed E-state index contributed by atoms with van der Waals surface area (Å²) in [6.07, 6.45) is 2.43. The number of hydrazone groups is 1. The van der Waals surface area contributed by atoms with Crippen molar-refractivity contribution < 1.29 is 14.7 Å². The molecule has 0 unspecified atom stereocenters. The molecule has 1 aliphatic carbocycles. The van der Waals surface area contributed by atoms with Crippen LogP contribution >= 0.6 is 0 Å². The summed E-state index contributed by atoms with van der Waals surface area (Å²) in [5.41, 5.74) is 0.103. The Bertz CT molecular complexity index is 294. The van der Waals surface area contributed by atoms with Crippen LogP contribution in [0.15, 0.2) is 5.10 Å². The summed E-state index contributed by atoms with van der Waals surface area (Å²) in [6, 6.07) is 0.169. The number of aliphatic carboxylic acids is 1. The molecule has 1 N–H and O–H groups in total. The Kier molecular flexibility index (Phi) is 1.79. The molecule has 1 aliphatic heterocycles. The molecule has 0 aromatic carbocycles. The lowest BCUT2D eigenvalue weighted by Gasteiger charge is -2.21. The zero-order chi connectivity index (χ0) is 9.42. The third-order valence-corrected chi connectivity index (χ3v) is 2.20. The molecule has 0 aromatic heterocycles. The summed E-state index contributed by atoms with van der Waals surface area (Å²) in [4.78, 5) is 21.9. The van der Waals surface area contributed by atoms with Crippen molar-refractivity contribution in [2.45, 2.75) is 31.7 Å². The molecule has 0 aromatic rings. The minimum Gasteiger partial charge on any atom is -0.477 e. The molecule has 0 spiro atoms. The van der Waals surface area contributed by atoms with Gasteiger partial charge in [0.05, 0.1) is 6.04 Å². The average Bonchev–Trinajstić information content (AvgIpc) is 2.87. The number of carboxylic acids is 1. The van der Waals surface area contributed by atoms with Gasteiger partial charge in [0.15, 0.2) is 0 Å². The SMILES string of the molecule is O=C(O)C1=NN(C2CC2)C(=O)CC1. The standard InChI is InChI=1S/C8H10N2O3/c11-7-4-3-6(8(12)13)9-10(7)5-1-2-5/h5H,1-4H2,(H,12,13). The number of rotatable bonds is 2. The predicted octanol–water partition coefficient (Wildman–Crippen LogP) is 0.212. The van der Waals surface area contributed by atoms with Crippen LogP contribution in [-0.2, 0) is 9.59 Å². The minimum absolute atomic E-state index is 0.0486.